The van der Waals surface area contributed by atoms with Crippen LogP contribution in [0.4, 0.5) is 0 Å². The summed E-state index contributed by atoms with van der Waals surface area (Å²) in [6.07, 6.45) is 2.18. The lowest BCUT2D eigenvalue weighted by Crippen LogP contribution is -2.36. The Balaban J connectivity index is 1.67. The second kappa shape index (κ2) is 7.27. The summed E-state index contributed by atoms with van der Waals surface area (Å²) in [6, 6.07) is 10.5. The number of fused-ring (bicyclic) bond motifs is 1. The van der Waals surface area contributed by atoms with Gasteiger partial charge in [0.05, 0.1) is 11.7 Å². The van der Waals surface area contributed by atoms with E-state index in [1.54, 1.807) is 0 Å². The normalized spacial score (nSPS) is 17.4. The first kappa shape index (κ1) is 17.9. The van der Waals surface area contributed by atoms with Gasteiger partial charge >= 0.3 is 0 Å². The molecule has 7 heteroatoms. The number of aromatic nitrogens is 3. The van der Waals surface area contributed by atoms with Gasteiger partial charge in [0.15, 0.2) is 10.6 Å². The van der Waals surface area contributed by atoms with E-state index < -0.39 is 0 Å². The molecule has 0 bridgehead atoms. The lowest BCUT2D eigenvalue weighted by atomic mass is 9.98. The molecule has 0 N–H and O–H groups in total. The van der Waals surface area contributed by atoms with Crippen LogP contribution in [0, 0.1) is 4.77 Å². The minimum atomic E-state index is 0.428. The topological polar surface area (TPSA) is 26.0 Å². The Morgan fingerprint density at radius 3 is 2.88 bits per heavy atom. The monoisotopic (exact) mass is 404 g/mol. The molecule has 4 rings (SSSR count). The smallest absolute Gasteiger partial charge is 0.199 e. The molecule has 1 aromatic carbocycles. The molecule has 4 nitrogen and oxygen atoms in total. The number of benzene rings is 1. The van der Waals surface area contributed by atoms with Gasteiger partial charge in [-0.05, 0) is 54.2 Å². The molecule has 3 heterocycles. The van der Waals surface area contributed by atoms with Crippen LogP contribution in [0.5, 0.6) is 0 Å². The first-order chi connectivity index (χ1) is 12.6. The minimum absolute atomic E-state index is 0.428. The Hall–Kier alpha value is -1.47. The molecule has 0 radical (unpaired) electrons. The molecule has 0 aliphatic carbocycles. The summed E-state index contributed by atoms with van der Waals surface area (Å²) in [5.74, 6) is 0.807. The van der Waals surface area contributed by atoms with Crippen molar-refractivity contribution in [2.24, 2.45) is 7.05 Å². The molecule has 1 aliphatic heterocycles. The Labute approximate surface area is 167 Å². The third kappa shape index (κ3) is 3.05. The fourth-order valence-corrected chi connectivity index (χ4v) is 5.06. The predicted molar refractivity (Wildman–Crippen MR) is 110 cm³/mol. The third-order valence-electron chi connectivity index (χ3n) is 5.06. The largest absolute Gasteiger partial charge is 0.303 e. The molecule has 136 valence electrons. The molecule has 0 fully saturated rings. The van der Waals surface area contributed by atoms with Gasteiger partial charge in [0.25, 0.3) is 0 Å². The van der Waals surface area contributed by atoms with Crippen LogP contribution in [0.3, 0.4) is 0 Å². The van der Waals surface area contributed by atoms with Crippen LogP contribution >= 0.6 is 35.2 Å². The third-order valence-corrected chi connectivity index (χ3v) is 6.87. The van der Waals surface area contributed by atoms with Crippen LogP contribution in [0.1, 0.15) is 29.8 Å². The second-order valence-corrected chi connectivity index (χ2v) is 8.34. The maximum Gasteiger partial charge on any atom is 0.199 e. The van der Waals surface area contributed by atoms with Crippen molar-refractivity contribution >= 4 is 35.2 Å². The quantitative estimate of drug-likeness (QED) is 0.552. The lowest BCUT2D eigenvalue weighted by Gasteiger charge is -2.35. The summed E-state index contributed by atoms with van der Waals surface area (Å²) >= 11 is 13.9. The molecule has 0 saturated carbocycles. The standard InChI is InChI=1S/C19H21ClN4S2/c1-3-16-14-9-11-26-17(14)8-10-23(16)12-24-19(25)22(2)18(21-24)13-6-4-5-7-15(13)20/h4-7,9,11,16H,3,8,10,12H2,1-2H3/t16-/m0/s1. The van der Waals surface area contributed by atoms with Gasteiger partial charge in [-0.15, -0.1) is 11.3 Å². The Kier molecular flexibility index (Phi) is 5.01. The summed E-state index contributed by atoms with van der Waals surface area (Å²) in [5.41, 5.74) is 2.38. The lowest BCUT2D eigenvalue weighted by molar-refractivity contribution is 0.129. The maximum atomic E-state index is 6.37. The van der Waals surface area contributed by atoms with Gasteiger partial charge in [0, 0.05) is 30.1 Å². The van der Waals surface area contributed by atoms with Crippen molar-refractivity contribution < 1.29 is 0 Å². The highest BCUT2D eigenvalue weighted by Crippen LogP contribution is 2.35. The number of hydrogen-bond acceptors (Lipinski definition) is 4. The van der Waals surface area contributed by atoms with Gasteiger partial charge < -0.3 is 4.57 Å². The highest BCUT2D eigenvalue weighted by Gasteiger charge is 2.27. The van der Waals surface area contributed by atoms with Gasteiger partial charge in [-0.25, -0.2) is 4.68 Å². The zero-order valence-corrected chi connectivity index (χ0v) is 17.2. The van der Waals surface area contributed by atoms with E-state index in [1.807, 2.05) is 51.9 Å². The van der Waals surface area contributed by atoms with Crippen LogP contribution in [0.25, 0.3) is 11.4 Å². The van der Waals surface area contributed by atoms with Gasteiger partial charge in [0.2, 0.25) is 0 Å². The van der Waals surface area contributed by atoms with Crippen LogP contribution in [0.2, 0.25) is 5.02 Å². The van der Waals surface area contributed by atoms with Crippen LogP contribution in [-0.2, 0) is 20.1 Å². The van der Waals surface area contributed by atoms with E-state index in [1.165, 1.54) is 10.4 Å². The number of nitrogens with zero attached hydrogens (tertiary/aromatic N) is 4. The molecule has 0 spiro atoms. The molecule has 0 saturated heterocycles. The number of halogens is 1. The molecule has 1 aliphatic rings. The van der Waals surface area contributed by atoms with E-state index in [0.29, 0.717) is 22.5 Å². The van der Waals surface area contributed by atoms with Crippen molar-refractivity contribution in [3.63, 3.8) is 0 Å². The van der Waals surface area contributed by atoms with E-state index in [4.69, 9.17) is 28.9 Å². The number of thiophene rings is 1. The Morgan fingerprint density at radius 2 is 2.12 bits per heavy atom. The Morgan fingerprint density at radius 1 is 1.31 bits per heavy atom. The number of hydrogen-bond donors (Lipinski definition) is 0. The summed E-state index contributed by atoms with van der Waals surface area (Å²) in [6.45, 7) is 3.98. The second-order valence-electron chi connectivity index (χ2n) is 6.57. The van der Waals surface area contributed by atoms with Crippen LogP contribution < -0.4 is 0 Å². The van der Waals surface area contributed by atoms with Gasteiger partial charge in [0.1, 0.15) is 0 Å². The average Bonchev–Trinajstić information content (AvgIpc) is 3.22. The first-order valence-electron chi connectivity index (χ1n) is 8.79. The van der Waals surface area contributed by atoms with E-state index >= 15 is 0 Å². The molecule has 2 aromatic heterocycles. The van der Waals surface area contributed by atoms with Crippen molar-refractivity contribution in [3.8, 4) is 11.4 Å². The summed E-state index contributed by atoms with van der Waals surface area (Å²) in [4.78, 5) is 4.00. The predicted octanol–water partition coefficient (Wildman–Crippen LogP) is 5.30. The highest BCUT2D eigenvalue weighted by molar-refractivity contribution is 7.71. The van der Waals surface area contributed by atoms with Crippen LogP contribution in [0.15, 0.2) is 35.7 Å². The molecule has 3 aromatic rings. The Bertz CT molecular complexity index is 988. The fourth-order valence-electron chi connectivity index (χ4n) is 3.72. The van der Waals surface area contributed by atoms with Gasteiger partial charge in [-0.3, -0.25) is 4.90 Å². The fraction of sp³-hybridized carbons (Fsp3) is 0.368. The van der Waals surface area contributed by atoms with Crippen LogP contribution in [-0.4, -0.2) is 25.8 Å². The molecular weight excluding hydrogens is 384 g/mol. The zero-order chi connectivity index (χ0) is 18.3. The molecule has 26 heavy (non-hydrogen) atoms. The average molecular weight is 405 g/mol. The molecule has 1 atom stereocenters. The van der Waals surface area contributed by atoms with E-state index in [9.17, 15) is 0 Å². The van der Waals surface area contributed by atoms with E-state index in [2.05, 4.69) is 23.3 Å². The summed E-state index contributed by atoms with van der Waals surface area (Å²) in [5, 5.41) is 7.70. The van der Waals surface area contributed by atoms with E-state index in [-0.39, 0.29) is 0 Å². The van der Waals surface area contributed by atoms with E-state index in [0.717, 1.165) is 30.8 Å². The van der Waals surface area contributed by atoms with Crippen molar-refractivity contribution in [1.82, 2.24) is 19.2 Å². The minimum Gasteiger partial charge on any atom is -0.303 e. The zero-order valence-electron chi connectivity index (χ0n) is 14.9. The number of rotatable bonds is 4. The SMILES string of the molecule is CC[C@H]1c2ccsc2CCN1Cn1nc(-c2ccccc2Cl)n(C)c1=S. The van der Waals surface area contributed by atoms with Crippen molar-refractivity contribution in [1.29, 1.82) is 0 Å². The summed E-state index contributed by atoms with van der Waals surface area (Å²) in [7, 11) is 1.95. The summed E-state index contributed by atoms with van der Waals surface area (Å²) < 4.78 is 4.58. The first-order valence-corrected chi connectivity index (χ1v) is 10.5. The highest BCUT2D eigenvalue weighted by atomic mass is 35.5. The van der Waals surface area contributed by atoms with Gasteiger partial charge in [-0.1, -0.05) is 30.7 Å². The molecular formula is C19H21ClN4S2. The maximum absolute atomic E-state index is 6.37. The van der Waals surface area contributed by atoms with Gasteiger partial charge in [-0.2, -0.15) is 5.10 Å². The molecule has 0 amide bonds. The van der Waals surface area contributed by atoms with Crippen molar-refractivity contribution in [2.75, 3.05) is 6.54 Å². The molecule has 0 unspecified atom stereocenters. The van der Waals surface area contributed by atoms with Crippen molar-refractivity contribution in [3.05, 3.63) is 55.9 Å². The van der Waals surface area contributed by atoms with Crippen molar-refractivity contribution in [2.45, 2.75) is 32.5 Å².